The van der Waals surface area contributed by atoms with Crippen LogP contribution in [-0.2, 0) is 14.3 Å². The van der Waals surface area contributed by atoms with Crippen molar-refractivity contribution in [2.75, 3.05) is 31.6 Å². The molecular formula is C13H15BrN2O3. The van der Waals surface area contributed by atoms with Crippen molar-refractivity contribution < 1.29 is 14.3 Å². The van der Waals surface area contributed by atoms with Crippen LogP contribution in [0.3, 0.4) is 0 Å². The van der Waals surface area contributed by atoms with Crippen molar-refractivity contribution in [3.63, 3.8) is 0 Å². The van der Waals surface area contributed by atoms with Gasteiger partial charge in [-0.05, 0) is 30.7 Å². The number of nitrogens with one attached hydrogen (secondary N) is 1. The first-order valence-corrected chi connectivity index (χ1v) is 6.81. The molecule has 19 heavy (non-hydrogen) atoms. The second kappa shape index (κ2) is 6.16. The Kier molecular flexibility index (Phi) is 4.55. The number of carbonyl (C=O) groups excluding carboxylic acids is 2. The second-order valence-electron chi connectivity index (χ2n) is 4.32. The maximum atomic E-state index is 11.9. The molecule has 0 unspecified atom stereocenters. The summed E-state index contributed by atoms with van der Waals surface area (Å²) in [6.07, 6.45) is 0. The minimum atomic E-state index is -0.604. The number of halogens is 1. The predicted octanol–water partition coefficient (Wildman–Crippen LogP) is 1.55. The zero-order valence-electron chi connectivity index (χ0n) is 10.6. The molecule has 1 N–H and O–H groups in total. The molecule has 0 bridgehead atoms. The Morgan fingerprint density at radius 2 is 2.00 bits per heavy atom. The zero-order valence-corrected chi connectivity index (χ0v) is 12.2. The number of nitrogens with zero attached hydrogens (tertiary/aromatic N) is 1. The number of rotatable bonds is 1. The number of aryl methyl sites for hydroxylation is 1. The molecule has 0 aromatic heterocycles. The van der Waals surface area contributed by atoms with Crippen LogP contribution in [0.25, 0.3) is 0 Å². The van der Waals surface area contributed by atoms with Crippen LogP contribution >= 0.6 is 15.9 Å². The van der Waals surface area contributed by atoms with Crippen molar-refractivity contribution >= 4 is 33.4 Å². The van der Waals surface area contributed by atoms with Gasteiger partial charge < -0.3 is 15.0 Å². The van der Waals surface area contributed by atoms with Crippen molar-refractivity contribution in [1.29, 1.82) is 0 Å². The third kappa shape index (κ3) is 3.54. The lowest BCUT2D eigenvalue weighted by molar-refractivity contribution is -0.145. The van der Waals surface area contributed by atoms with E-state index in [4.69, 9.17) is 4.74 Å². The van der Waals surface area contributed by atoms with E-state index in [1.54, 1.807) is 6.07 Å². The Morgan fingerprint density at radius 1 is 1.32 bits per heavy atom. The highest BCUT2D eigenvalue weighted by molar-refractivity contribution is 9.10. The van der Waals surface area contributed by atoms with Gasteiger partial charge in [0.1, 0.15) is 0 Å². The van der Waals surface area contributed by atoms with Gasteiger partial charge in [-0.3, -0.25) is 9.59 Å². The summed E-state index contributed by atoms with van der Waals surface area (Å²) in [5.74, 6) is -1.11. The van der Waals surface area contributed by atoms with E-state index in [0.717, 1.165) is 10.0 Å². The number of carbonyl (C=O) groups is 2. The van der Waals surface area contributed by atoms with Crippen LogP contribution in [0.5, 0.6) is 0 Å². The quantitative estimate of drug-likeness (QED) is 0.797. The molecule has 5 nitrogen and oxygen atoms in total. The average molecular weight is 327 g/mol. The summed E-state index contributed by atoms with van der Waals surface area (Å²) in [5, 5.41) is 2.64. The number of ether oxygens (including phenoxy) is 1. The van der Waals surface area contributed by atoms with Crippen LogP contribution in [-0.4, -0.2) is 43.0 Å². The number of hydrogen-bond donors (Lipinski definition) is 1. The van der Waals surface area contributed by atoms with Gasteiger partial charge in [0, 0.05) is 23.2 Å². The number of amides is 2. The summed E-state index contributed by atoms with van der Waals surface area (Å²) in [6, 6.07) is 5.47. The Balaban J connectivity index is 2.01. The van der Waals surface area contributed by atoms with Crippen LogP contribution in [0.15, 0.2) is 22.7 Å². The first kappa shape index (κ1) is 14.0. The maximum absolute atomic E-state index is 11.9. The molecule has 0 spiro atoms. The Morgan fingerprint density at radius 3 is 2.63 bits per heavy atom. The Bertz CT molecular complexity index is 499. The first-order chi connectivity index (χ1) is 9.08. The maximum Gasteiger partial charge on any atom is 0.313 e. The van der Waals surface area contributed by atoms with E-state index in [2.05, 4.69) is 21.2 Å². The third-order valence-electron chi connectivity index (χ3n) is 2.93. The molecule has 1 saturated heterocycles. The van der Waals surface area contributed by atoms with E-state index in [9.17, 15) is 9.59 Å². The van der Waals surface area contributed by atoms with E-state index < -0.39 is 11.8 Å². The van der Waals surface area contributed by atoms with E-state index in [0.29, 0.717) is 32.0 Å². The summed E-state index contributed by atoms with van der Waals surface area (Å²) < 4.78 is 6.08. The lowest BCUT2D eigenvalue weighted by Gasteiger charge is -2.26. The van der Waals surface area contributed by atoms with Crippen molar-refractivity contribution in [2.45, 2.75) is 6.92 Å². The highest BCUT2D eigenvalue weighted by atomic mass is 79.9. The van der Waals surface area contributed by atoms with Crippen LogP contribution in [0.2, 0.25) is 0 Å². The first-order valence-electron chi connectivity index (χ1n) is 6.02. The van der Waals surface area contributed by atoms with E-state index in [1.165, 1.54) is 4.90 Å². The minimum Gasteiger partial charge on any atom is -0.378 e. The van der Waals surface area contributed by atoms with Crippen LogP contribution in [0.1, 0.15) is 5.56 Å². The molecule has 1 heterocycles. The van der Waals surface area contributed by atoms with Gasteiger partial charge in [-0.1, -0.05) is 15.9 Å². The molecule has 6 heteroatoms. The molecule has 0 saturated carbocycles. The average Bonchev–Trinajstić information content (AvgIpc) is 2.42. The molecule has 1 aromatic rings. The van der Waals surface area contributed by atoms with Gasteiger partial charge in [0.15, 0.2) is 0 Å². The molecule has 1 aromatic carbocycles. The van der Waals surface area contributed by atoms with E-state index in [-0.39, 0.29) is 0 Å². The molecular weight excluding hydrogens is 312 g/mol. The van der Waals surface area contributed by atoms with Gasteiger partial charge in [-0.25, -0.2) is 0 Å². The molecule has 0 radical (unpaired) electrons. The van der Waals surface area contributed by atoms with Crippen LogP contribution in [0, 0.1) is 6.92 Å². The van der Waals surface area contributed by atoms with Crippen molar-refractivity contribution in [2.24, 2.45) is 0 Å². The SMILES string of the molecule is Cc1cc(Br)ccc1NC(=O)C(=O)N1CCOCC1. The van der Waals surface area contributed by atoms with Crippen molar-refractivity contribution in [1.82, 2.24) is 4.90 Å². The lowest BCUT2D eigenvalue weighted by Crippen LogP contribution is -2.45. The van der Waals surface area contributed by atoms with E-state index in [1.807, 2.05) is 19.1 Å². The topological polar surface area (TPSA) is 58.6 Å². The molecule has 0 atom stereocenters. The number of morpholine rings is 1. The molecule has 102 valence electrons. The fourth-order valence-electron chi connectivity index (χ4n) is 1.85. The normalized spacial score (nSPS) is 15.2. The van der Waals surface area contributed by atoms with Gasteiger partial charge >= 0.3 is 11.8 Å². The zero-order chi connectivity index (χ0) is 13.8. The lowest BCUT2D eigenvalue weighted by atomic mass is 10.2. The molecule has 1 aliphatic rings. The summed E-state index contributed by atoms with van der Waals surface area (Å²) >= 11 is 3.35. The Hall–Kier alpha value is -1.40. The fraction of sp³-hybridized carbons (Fsp3) is 0.385. The fourth-order valence-corrected chi connectivity index (χ4v) is 2.33. The highest BCUT2D eigenvalue weighted by Crippen LogP contribution is 2.20. The van der Waals surface area contributed by atoms with Gasteiger partial charge in [0.2, 0.25) is 0 Å². The summed E-state index contributed by atoms with van der Waals surface area (Å²) in [5.41, 5.74) is 1.55. The van der Waals surface area contributed by atoms with Gasteiger partial charge in [0.05, 0.1) is 13.2 Å². The minimum absolute atomic E-state index is 0.464. The highest BCUT2D eigenvalue weighted by Gasteiger charge is 2.23. The third-order valence-corrected chi connectivity index (χ3v) is 3.42. The van der Waals surface area contributed by atoms with E-state index >= 15 is 0 Å². The van der Waals surface area contributed by atoms with Crippen molar-refractivity contribution in [3.8, 4) is 0 Å². The summed E-state index contributed by atoms with van der Waals surface area (Å²) in [6.45, 7) is 3.77. The molecule has 2 amide bonds. The monoisotopic (exact) mass is 326 g/mol. The summed E-state index contributed by atoms with van der Waals surface area (Å²) in [4.78, 5) is 25.3. The molecule has 1 aliphatic heterocycles. The van der Waals surface area contributed by atoms with Crippen LogP contribution < -0.4 is 5.32 Å². The predicted molar refractivity (Wildman–Crippen MR) is 74.9 cm³/mol. The summed E-state index contributed by atoms with van der Waals surface area (Å²) in [7, 11) is 0. The van der Waals surface area contributed by atoms with Crippen LogP contribution in [0.4, 0.5) is 5.69 Å². The van der Waals surface area contributed by atoms with Gasteiger partial charge in [0.25, 0.3) is 0 Å². The standard InChI is InChI=1S/C13H15BrN2O3/c1-9-8-10(14)2-3-11(9)15-12(17)13(18)16-4-6-19-7-5-16/h2-3,8H,4-7H2,1H3,(H,15,17). The Labute approximate surface area is 120 Å². The molecule has 0 aliphatic carbocycles. The molecule has 2 rings (SSSR count). The second-order valence-corrected chi connectivity index (χ2v) is 5.23. The van der Waals surface area contributed by atoms with Crippen molar-refractivity contribution in [3.05, 3.63) is 28.2 Å². The smallest absolute Gasteiger partial charge is 0.313 e. The van der Waals surface area contributed by atoms with Gasteiger partial charge in [-0.2, -0.15) is 0 Å². The number of anilines is 1. The largest absolute Gasteiger partial charge is 0.378 e. The number of benzene rings is 1. The number of hydrogen-bond acceptors (Lipinski definition) is 3. The van der Waals surface area contributed by atoms with Gasteiger partial charge in [-0.15, -0.1) is 0 Å². The molecule has 1 fully saturated rings.